The van der Waals surface area contributed by atoms with E-state index in [0.717, 1.165) is 19.3 Å². The number of nitrogens with zero attached hydrogens (tertiary/aromatic N) is 1. The fourth-order valence-electron chi connectivity index (χ4n) is 3.85. The van der Waals surface area contributed by atoms with Crippen molar-refractivity contribution in [3.8, 4) is 11.5 Å². The number of benzene rings is 2. The highest BCUT2D eigenvalue weighted by atomic mass is 16.5. The molecule has 1 fully saturated rings. The van der Waals surface area contributed by atoms with Crippen LogP contribution in [0.2, 0.25) is 0 Å². The lowest BCUT2D eigenvalue weighted by atomic mass is 10.1. The molecular formula is C27H32N2O8. The first-order chi connectivity index (χ1) is 17.9. The summed E-state index contributed by atoms with van der Waals surface area (Å²) in [4.78, 5) is 51.0. The van der Waals surface area contributed by atoms with Crippen molar-refractivity contribution in [1.29, 1.82) is 0 Å². The average Bonchev–Trinajstić information content (AvgIpc) is 3.31. The number of amides is 2. The molecule has 0 saturated carbocycles. The Hall–Kier alpha value is -4.08. The van der Waals surface area contributed by atoms with Crippen LogP contribution < -0.4 is 19.7 Å². The van der Waals surface area contributed by atoms with Crippen molar-refractivity contribution in [3.63, 3.8) is 0 Å². The lowest BCUT2D eigenvalue weighted by Crippen LogP contribution is -2.28. The maximum atomic E-state index is 12.6. The molecule has 2 aromatic rings. The monoisotopic (exact) mass is 512 g/mol. The lowest BCUT2D eigenvalue weighted by molar-refractivity contribution is -0.151. The number of hydrogen-bond donors (Lipinski definition) is 1. The minimum Gasteiger partial charge on any atom is -0.497 e. The van der Waals surface area contributed by atoms with Gasteiger partial charge in [-0.15, -0.1) is 0 Å². The average molecular weight is 513 g/mol. The first-order valence-corrected chi connectivity index (χ1v) is 12.1. The Labute approximate surface area is 215 Å². The number of nitrogens with one attached hydrogen (secondary N) is 1. The van der Waals surface area contributed by atoms with Gasteiger partial charge < -0.3 is 29.2 Å². The minimum atomic E-state index is -0.713. The van der Waals surface area contributed by atoms with Crippen LogP contribution in [0, 0.1) is 5.92 Å². The maximum absolute atomic E-state index is 12.6. The van der Waals surface area contributed by atoms with E-state index in [4.69, 9.17) is 18.9 Å². The zero-order chi connectivity index (χ0) is 26.8. The molecule has 3 rings (SSSR count). The Kier molecular flexibility index (Phi) is 9.88. The number of rotatable bonds is 12. The van der Waals surface area contributed by atoms with E-state index in [1.807, 2.05) is 0 Å². The summed E-state index contributed by atoms with van der Waals surface area (Å²) in [6.07, 6.45) is 2.81. The standard InChI is InChI=1S/C27H32N2O8/c1-4-5-6-13-36-26(32)18-7-9-20(10-8-18)29-16-19(14-25(29)31)27(33)37-17-24(30)28-22-15-21(34-2)11-12-23(22)35-3/h7-12,15,19H,4-6,13-14,16-17H2,1-3H3,(H,28,30)/t19-/m0/s1. The molecule has 0 aromatic heterocycles. The van der Waals surface area contributed by atoms with Gasteiger partial charge in [-0.05, 0) is 42.8 Å². The van der Waals surface area contributed by atoms with Gasteiger partial charge in [-0.2, -0.15) is 0 Å². The fourth-order valence-corrected chi connectivity index (χ4v) is 3.85. The predicted octanol–water partition coefficient (Wildman–Crippen LogP) is 3.59. The molecule has 0 radical (unpaired) electrons. The summed E-state index contributed by atoms with van der Waals surface area (Å²) < 4.78 is 20.8. The first-order valence-electron chi connectivity index (χ1n) is 12.1. The number of unbranched alkanes of at least 4 members (excludes halogenated alkanes) is 2. The first kappa shape index (κ1) is 27.5. The Morgan fingerprint density at radius 2 is 1.76 bits per heavy atom. The Morgan fingerprint density at radius 1 is 1.00 bits per heavy atom. The van der Waals surface area contributed by atoms with Crippen LogP contribution in [0.25, 0.3) is 0 Å². The van der Waals surface area contributed by atoms with Gasteiger partial charge in [0, 0.05) is 24.7 Å². The van der Waals surface area contributed by atoms with Crippen molar-refractivity contribution in [2.24, 2.45) is 5.92 Å². The molecule has 0 aliphatic carbocycles. The quantitative estimate of drug-likeness (QED) is 0.338. The predicted molar refractivity (Wildman–Crippen MR) is 136 cm³/mol. The molecule has 2 aromatic carbocycles. The summed E-state index contributed by atoms with van der Waals surface area (Å²) in [5, 5.41) is 2.62. The molecule has 10 nitrogen and oxygen atoms in total. The van der Waals surface area contributed by atoms with Gasteiger partial charge in [-0.3, -0.25) is 14.4 Å². The summed E-state index contributed by atoms with van der Waals surface area (Å²) in [6.45, 7) is 2.04. The summed E-state index contributed by atoms with van der Waals surface area (Å²) in [7, 11) is 2.97. The number of esters is 2. The molecule has 1 atom stereocenters. The number of ether oxygens (including phenoxy) is 4. The van der Waals surface area contributed by atoms with E-state index in [-0.39, 0.29) is 18.9 Å². The van der Waals surface area contributed by atoms with Crippen molar-refractivity contribution in [1.82, 2.24) is 0 Å². The molecule has 2 amide bonds. The second-order valence-electron chi connectivity index (χ2n) is 8.52. The van der Waals surface area contributed by atoms with Crippen LogP contribution in [0.1, 0.15) is 43.0 Å². The van der Waals surface area contributed by atoms with E-state index in [1.54, 1.807) is 42.5 Å². The van der Waals surface area contributed by atoms with Crippen LogP contribution >= 0.6 is 0 Å². The molecule has 0 unspecified atom stereocenters. The largest absolute Gasteiger partial charge is 0.497 e. The third kappa shape index (κ3) is 7.45. The van der Waals surface area contributed by atoms with Crippen LogP contribution in [0.4, 0.5) is 11.4 Å². The van der Waals surface area contributed by atoms with Gasteiger partial charge in [0.15, 0.2) is 6.61 Å². The number of carbonyl (C=O) groups excluding carboxylic acids is 4. The smallest absolute Gasteiger partial charge is 0.338 e. The van der Waals surface area contributed by atoms with E-state index in [2.05, 4.69) is 12.2 Å². The second-order valence-corrected chi connectivity index (χ2v) is 8.52. The van der Waals surface area contributed by atoms with Gasteiger partial charge in [0.05, 0.1) is 38.0 Å². The van der Waals surface area contributed by atoms with Gasteiger partial charge in [0.1, 0.15) is 11.5 Å². The van der Waals surface area contributed by atoms with Gasteiger partial charge in [0.25, 0.3) is 5.91 Å². The van der Waals surface area contributed by atoms with Gasteiger partial charge in [0.2, 0.25) is 5.91 Å². The molecule has 1 aliphatic heterocycles. The van der Waals surface area contributed by atoms with Gasteiger partial charge in [-0.1, -0.05) is 19.8 Å². The molecule has 37 heavy (non-hydrogen) atoms. The Morgan fingerprint density at radius 3 is 2.43 bits per heavy atom. The molecule has 1 aliphatic rings. The Balaban J connectivity index is 1.51. The highest BCUT2D eigenvalue weighted by Crippen LogP contribution is 2.29. The van der Waals surface area contributed by atoms with E-state index < -0.39 is 30.4 Å². The van der Waals surface area contributed by atoms with Crippen LogP contribution in [-0.4, -0.2) is 57.7 Å². The summed E-state index contributed by atoms with van der Waals surface area (Å²) in [5.41, 5.74) is 1.32. The van der Waals surface area contributed by atoms with Crippen LogP contribution in [0.5, 0.6) is 11.5 Å². The highest BCUT2D eigenvalue weighted by molar-refractivity contribution is 6.00. The number of hydrogen-bond acceptors (Lipinski definition) is 8. The zero-order valence-electron chi connectivity index (χ0n) is 21.3. The van der Waals surface area contributed by atoms with E-state index in [1.165, 1.54) is 19.1 Å². The van der Waals surface area contributed by atoms with Crippen molar-refractivity contribution in [3.05, 3.63) is 48.0 Å². The number of carbonyl (C=O) groups is 4. The third-order valence-electron chi connectivity index (χ3n) is 5.88. The second kappa shape index (κ2) is 13.3. The zero-order valence-corrected chi connectivity index (χ0v) is 21.3. The molecule has 0 bridgehead atoms. The Bertz CT molecular complexity index is 1120. The fraction of sp³-hybridized carbons (Fsp3) is 0.407. The third-order valence-corrected chi connectivity index (χ3v) is 5.88. The maximum Gasteiger partial charge on any atom is 0.338 e. The minimum absolute atomic E-state index is 0.0363. The summed E-state index contributed by atoms with van der Waals surface area (Å²) in [5.74, 6) is -1.63. The molecule has 0 spiro atoms. The molecule has 198 valence electrons. The van der Waals surface area contributed by atoms with Crippen molar-refractivity contribution in [2.75, 3.05) is 44.2 Å². The molecular weight excluding hydrogens is 480 g/mol. The molecule has 1 saturated heterocycles. The molecule has 1 heterocycles. The van der Waals surface area contributed by atoms with Crippen molar-refractivity contribution >= 4 is 35.1 Å². The molecule has 10 heteroatoms. The number of anilines is 2. The van der Waals surface area contributed by atoms with Crippen LogP contribution in [-0.2, 0) is 23.9 Å². The lowest BCUT2D eigenvalue weighted by Gasteiger charge is -2.17. The van der Waals surface area contributed by atoms with E-state index in [0.29, 0.717) is 35.0 Å². The molecule has 1 N–H and O–H groups in total. The SMILES string of the molecule is CCCCCOC(=O)c1ccc(N2C[C@@H](C(=O)OCC(=O)Nc3cc(OC)ccc3OC)CC2=O)cc1. The van der Waals surface area contributed by atoms with E-state index in [9.17, 15) is 19.2 Å². The number of methoxy groups -OCH3 is 2. The topological polar surface area (TPSA) is 120 Å². The van der Waals surface area contributed by atoms with Crippen molar-refractivity contribution < 1.29 is 38.1 Å². The van der Waals surface area contributed by atoms with Gasteiger partial charge in [-0.25, -0.2) is 4.79 Å². The summed E-state index contributed by atoms with van der Waals surface area (Å²) in [6, 6.07) is 11.4. The summed E-state index contributed by atoms with van der Waals surface area (Å²) >= 11 is 0. The highest BCUT2D eigenvalue weighted by Gasteiger charge is 2.36. The van der Waals surface area contributed by atoms with Gasteiger partial charge >= 0.3 is 11.9 Å². The van der Waals surface area contributed by atoms with Crippen LogP contribution in [0.15, 0.2) is 42.5 Å². The normalized spacial score (nSPS) is 14.7. The van der Waals surface area contributed by atoms with Crippen molar-refractivity contribution in [2.45, 2.75) is 32.6 Å². The van der Waals surface area contributed by atoms with E-state index >= 15 is 0 Å². The van der Waals surface area contributed by atoms with Crippen LogP contribution in [0.3, 0.4) is 0 Å².